The van der Waals surface area contributed by atoms with Crippen molar-refractivity contribution >= 4 is 48.8 Å². The highest BCUT2D eigenvalue weighted by molar-refractivity contribution is 6.56. The molecule has 1 aliphatic carbocycles. The number of halogens is 1. The summed E-state index contributed by atoms with van der Waals surface area (Å²) in [5.41, 5.74) is 4.82. The van der Waals surface area contributed by atoms with Crippen LogP contribution in [0.5, 0.6) is 0 Å². The van der Waals surface area contributed by atoms with Crippen LogP contribution in [0.15, 0.2) is 24.3 Å². The van der Waals surface area contributed by atoms with E-state index in [0.717, 1.165) is 0 Å². The maximum absolute atomic E-state index is 12.4. The van der Waals surface area contributed by atoms with Gasteiger partial charge in [-0.3, -0.25) is 4.79 Å². The van der Waals surface area contributed by atoms with Crippen LogP contribution in [-0.4, -0.2) is 48.4 Å². The van der Waals surface area contributed by atoms with Gasteiger partial charge in [-0.2, -0.15) is 0 Å². The van der Waals surface area contributed by atoms with Gasteiger partial charge in [0.25, 0.3) is 0 Å². The fraction of sp³-hybridized carbons (Fsp3) is 0.417. The number of Topliss-reactive ketones (excluding diaryl/α,β-unsaturated/α-hetero) is 1. The Morgan fingerprint density at radius 1 is 1.25 bits per heavy atom. The van der Waals surface area contributed by atoms with Gasteiger partial charge >= 0.3 is 0 Å². The number of aliphatic hydroxyl groups is 1. The first kappa shape index (κ1) is 15.7. The van der Waals surface area contributed by atoms with Crippen LogP contribution in [0.4, 0.5) is 0 Å². The van der Waals surface area contributed by atoms with Crippen molar-refractivity contribution in [2.24, 2.45) is 5.73 Å². The summed E-state index contributed by atoms with van der Waals surface area (Å²) in [5.74, 6) is -0.762. The Bertz CT molecular complexity index is 566. The van der Waals surface area contributed by atoms with Crippen molar-refractivity contribution in [3.63, 3.8) is 0 Å². The molecule has 3 N–H and O–H groups in total. The van der Waals surface area contributed by atoms with E-state index in [2.05, 4.69) is 0 Å². The zero-order valence-electron chi connectivity index (χ0n) is 10.7. The summed E-state index contributed by atoms with van der Waals surface area (Å²) < 4.78 is 0. The van der Waals surface area contributed by atoms with Crippen molar-refractivity contribution in [2.75, 3.05) is 0 Å². The van der Waals surface area contributed by atoms with E-state index in [1.54, 1.807) is 24.3 Å². The number of benzene rings is 1. The summed E-state index contributed by atoms with van der Waals surface area (Å²) in [6.07, 6.45) is -2.04. The second-order valence-electron chi connectivity index (χ2n) is 5.37. The quantitative estimate of drug-likeness (QED) is 0.696. The van der Waals surface area contributed by atoms with Crippen LogP contribution < -0.4 is 5.73 Å². The molecule has 0 amide bonds. The molecule has 1 aromatic rings. The molecule has 0 saturated heterocycles. The first-order valence-electron chi connectivity index (χ1n) is 5.96. The molecule has 1 aromatic carbocycles. The monoisotopic (exact) mass is 279 g/mol. The number of carbonyl (C=O) groups is 1. The summed E-state index contributed by atoms with van der Waals surface area (Å²) in [5, 5.41) is 6.60. The first-order chi connectivity index (χ1) is 9.04. The Kier molecular flexibility index (Phi) is 3.69. The minimum Gasteiger partial charge on any atom is -0.386 e. The minimum atomic E-state index is -1.98. The average molecular weight is 279 g/mol. The zero-order chi connectivity index (χ0) is 15.3. The van der Waals surface area contributed by atoms with Crippen LogP contribution in [0.2, 0.25) is 15.5 Å². The summed E-state index contributed by atoms with van der Waals surface area (Å²) in [6.45, 7) is 0. The van der Waals surface area contributed by atoms with E-state index in [0.29, 0.717) is 5.56 Å². The molecule has 94 valence electrons. The number of nitrogens with two attached hydrogens (primary N) is 1. The summed E-state index contributed by atoms with van der Waals surface area (Å²) in [6, 6.07) is 6.50. The molecule has 2 unspecified atom stereocenters. The zero-order valence-corrected chi connectivity index (χ0v) is 11.5. The average Bonchev–Trinajstić information content (AvgIpc) is 2.35. The normalized spacial score (nSPS) is 31.9. The van der Waals surface area contributed by atoms with Gasteiger partial charge in [-0.25, -0.2) is 0 Å². The van der Waals surface area contributed by atoms with Gasteiger partial charge in [0.1, 0.15) is 11.6 Å². The molecule has 0 heterocycles. The number of hydrogen-bond donors (Lipinski definition) is 2. The lowest BCUT2D eigenvalue weighted by molar-refractivity contribution is -0.137. The molecule has 8 heteroatoms. The first-order valence-corrected chi connectivity index (χ1v) is 6.33. The number of rotatable bonds is 1. The van der Waals surface area contributed by atoms with Gasteiger partial charge in [0.05, 0.1) is 31.4 Å². The van der Waals surface area contributed by atoms with Gasteiger partial charge in [-0.15, -0.1) is 5.21 Å². The lowest BCUT2D eigenvalue weighted by Gasteiger charge is -2.56. The number of carbonyl (C=O) groups excluding carboxylic acids is 1. The van der Waals surface area contributed by atoms with Crippen LogP contribution in [0, 0.1) is 0 Å². The van der Waals surface area contributed by atoms with Crippen LogP contribution >= 0.6 is 11.6 Å². The molecule has 1 fully saturated rings. The third-order valence-electron chi connectivity index (χ3n) is 3.87. The Hall–Kier alpha value is -0.640. The van der Waals surface area contributed by atoms with Crippen molar-refractivity contribution in [3.8, 4) is 0 Å². The summed E-state index contributed by atoms with van der Waals surface area (Å²) in [7, 11) is 23.1. The fourth-order valence-corrected chi connectivity index (χ4v) is 2.77. The Morgan fingerprint density at radius 2 is 1.80 bits per heavy atom. The van der Waals surface area contributed by atoms with E-state index in [1.165, 1.54) is 0 Å². The van der Waals surface area contributed by atoms with Crippen LogP contribution in [0.25, 0.3) is 0 Å². The lowest BCUT2D eigenvalue weighted by atomic mass is 9.24. The van der Waals surface area contributed by atoms with Gasteiger partial charge < -0.3 is 10.8 Å². The van der Waals surface area contributed by atoms with Gasteiger partial charge in [0, 0.05) is 5.02 Å². The van der Waals surface area contributed by atoms with Gasteiger partial charge in [-0.1, -0.05) is 35.0 Å². The lowest BCUT2D eigenvalue weighted by Crippen LogP contribution is -2.63. The highest BCUT2D eigenvalue weighted by atomic mass is 35.5. The number of ketones is 1. The topological polar surface area (TPSA) is 63.3 Å². The minimum absolute atomic E-state index is 0.243. The van der Waals surface area contributed by atoms with Crippen molar-refractivity contribution < 1.29 is 9.90 Å². The van der Waals surface area contributed by atoms with E-state index in [1.807, 2.05) is 0 Å². The molecule has 0 aliphatic heterocycles. The van der Waals surface area contributed by atoms with Crippen LogP contribution in [-0.2, 0) is 10.3 Å². The molecule has 2 atom stereocenters. The van der Waals surface area contributed by atoms with Crippen molar-refractivity contribution in [1.29, 1.82) is 0 Å². The SMILES string of the molecule is [B]C1([B])CC(N)(c2ccccc2Cl)C(=O)C(O)C1([B])[B]. The molecule has 2 rings (SSSR count). The molecular formula is C12H10B4ClNO2. The fourth-order valence-electron chi connectivity index (χ4n) is 2.47. The molecule has 0 bridgehead atoms. The molecule has 20 heavy (non-hydrogen) atoms. The third-order valence-corrected chi connectivity index (χ3v) is 4.20. The number of hydrogen-bond acceptors (Lipinski definition) is 3. The number of aliphatic hydroxyl groups excluding tert-OH is 1. The van der Waals surface area contributed by atoms with E-state index in [9.17, 15) is 9.90 Å². The van der Waals surface area contributed by atoms with Crippen molar-refractivity contribution in [2.45, 2.75) is 28.5 Å². The summed E-state index contributed by atoms with van der Waals surface area (Å²) >= 11 is 6.07. The van der Waals surface area contributed by atoms with E-state index < -0.39 is 27.9 Å². The maximum atomic E-state index is 12.4. The molecule has 0 spiro atoms. The molecular weight excluding hydrogens is 269 g/mol. The van der Waals surface area contributed by atoms with E-state index >= 15 is 0 Å². The molecule has 1 aliphatic rings. The Morgan fingerprint density at radius 3 is 2.35 bits per heavy atom. The standard InChI is InChI=1S/C12H10B4ClNO2/c13-11(14)5-10(18,6-3-1-2-4-7(6)17)8(19)9(20)12(11,15)16/h1-4,9,20H,5,18H2. The smallest absolute Gasteiger partial charge is 0.184 e. The predicted molar refractivity (Wildman–Crippen MR) is 81.4 cm³/mol. The maximum Gasteiger partial charge on any atom is 0.184 e. The Balaban J connectivity index is 2.59. The Labute approximate surface area is 128 Å². The molecule has 1 saturated carbocycles. The van der Waals surface area contributed by atoms with E-state index in [4.69, 9.17) is 48.7 Å². The summed E-state index contributed by atoms with van der Waals surface area (Å²) in [4.78, 5) is 12.4. The van der Waals surface area contributed by atoms with Crippen LogP contribution in [0.3, 0.4) is 0 Å². The predicted octanol–water partition coefficient (Wildman–Crippen LogP) is -0.266. The van der Waals surface area contributed by atoms with Gasteiger partial charge in [0.2, 0.25) is 0 Å². The highest BCUT2D eigenvalue weighted by Crippen LogP contribution is 2.56. The van der Waals surface area contributed by atoms with Crippen molar-refractivity contribution in [3.05, 3.63) is 34.9 Å². The highest BCUT2D eigenvalue weighted by Gasteiger charge is 2.57. The van der Waals surface area contributed by atoms with Gasteiger partial charge in [-0.05, 0) is 18.1 Å². The third kappa shape index (κ3) is 2.07. The second kappa shape index (κ2) is 4.69. The second-order valence-corrected chi connectivity index (χ2v) is 5.78. The van der Waals surface area contributed by atoms with Crippen LogP contribution in [0.1, 0.15) is 12.0 Å². The van der Waals surface area contributed by atoms with E-state index in [-0.39, 0.29) is 11.4 Å². The molecule has 3 nitrogen and oxygen atoms in total. The van der Waals surface area contributed by atoms with Crippen molar-refractivity contribution in [1.82, 2.24) is 0 Å². The van der Waals surface area contributed by atoms with Gasteiger partial charge in [0.15, 0.2) is 5.78 Å². The largest absolute Gasteiger partial charge is 0.386 e. The molecule has 8 radical (unpaired) electrons. The molecule has 0 aromatic heterocycles.